The van der Waals surface area contributed by atoms with E-state index in [0.29, 0.717) is 10.0 Å². The van der Waals surface area contributed by atoms with Gasteiger partial charge in [0.1, 0.15) is 10.5 Å². The molecule has 0 spiro atoms. The molecule has 1 aliphatic rings. The van der Waals surface area contributed by atoms with Crippen LogP contribution in [0.2, 0.25) is 0 Å². The Bertz CT molecular complexity index is 842. The average Bonchev–Trinajstić information content (AvgIpc) is 2.86. The number of rotatable bonds is 2. The van der Waals surface area contributed by atoms with Gasteiger partial charge in [-0.2, -0.15) is 10.4 Å². The largest absolute Gasteiger partial charge is 0.369 e. The van der Waals surface area contributed by atoms with Crippen LogP contribution in [0.1, 0.15) is 12.0 Å². The number of benzene rings is 1. The summed E-state index contributed by atoms with van der Waals surface area (Å²) in [6.07, 6.45) is 2.67. The highest BCUT2D eigenvalue weighted by atomic mass is 79.9. The van der Waals surface area contributed by atoms with Crippen LogP contribution in [-0.4, -0.2) is 36.0 Å². The predicted octanol–water partition coefficient (Wildman–Crippen LogP) is 2.13. The fourth-order valence-corrected chi connectivity index (χ4v) is 3.58. The molecule has 0 radical (unpaired) electrons. The number of nitriles is 1. The topological polar surface area (TPSA) is 65.2 Å². The highest BCUT2D eigenvalue weighted by Gasteiger charge is 2.20. The lowest BCUT2D eigenvalue weighted by Crippen LogP contribution is -2.33. The summed E-state index contributed by atoms with van der Waals surface area (Å²) in [5.41, 5.74) is 2.36. The molecular weight excluding hydrogens is 370 g/mol. The van der Waals surface area contributed by atoms with Gasteiger partial charge in [-0.05, 0) is 34.5 Å². The van der Waals surface area contributed by atoms with E-state index in [-0.39, 0.29) is 5.56 Å². The predicted molar refractivity (Wildman–Crippen MR) is 97.4 cm³/mol. The van der Waals surface area contributed by atoms with E-state index < -0.39 is 0 Å². The van der Waals surface area contributed by atoms with Gasteiger partial charge in [-0.1, -0.05) is 12.1 Å². The minimum absolute atomic E-state index is 0.136. The summed E-state index contributed by atoms with van der Waals surface area (Å²) in [4.78, 5) is 16.5. The Morgan fingerprint density at radius 2 is 1.79 bits per heavy atom. The van der Waals surface area contributed by atoms with Crippen LogP contribution in [0.5, 0.6) is 0 Å². The Balaban J connectivity index is 1.83. The maximum Gasteiger partial charge on any atom is 0.282 e. The van der Waals surface area contributed by atoms with Gasteiger partial charge in [0.05, 0.1) is 23.1 Å². The second-order valence-corrected chi connectivity index (χ2v) is 6.52. The highest BCUT2D eigenvalue weighted by Crippen LogP contribution is 2.25. The van der Waals surface area contributed by atoms with Crippen molar-refractivity contribution < 1.29 is 0 Å². The van der Waals surface area contributed by atoms with Crippen LogP contribution in [0.25, 0.3) is 0 Å². The first-order chi connectivity index (χ1) is 11.6. The molecule has 1 aliphatic heterocycles. The summed E-state index contributed by atoms with van der Waals surface area (Å²) < 4.78 is 1.87. The molecule has 7 heteroatoms. The van der Waals surface area contributed by atoms with Crippen molar-refractivity contribution in [3.05, 3.63) is 50.9 Å². The van der Waals surface area contributed by atoms with E-state index in [1.165, 1.54) is 4.68 Å². The Labute approximate surface area is 149 Å². The summed E-state index contributed by atoms with van der Waals surface area (Å²) in [6, 6.07) is 9.94. The number of halogens is 1. The molecule has 2 aromatic rings. The number of hydrogen-bond acceptors (Lipinski definition) is 5. The zero-order valence-corrected chi connectivity index (χ0v) is 15.0. The number of anilines is 2. The summed E-state index contributed by atoms with van der Waals surface area (Å²) in [7, 11) is 1.64. The molecule has 1 aromatic heterocycles. The van der Waals surface area contributed by atoms with Crippen molar-refractivity contribution in [2.45, 2.75) is 6.42 Å². The van der Waals surface area contributed by atoms with Crippen LogP contribution in [0.3, 0.4) is 0 Å². The molecule has 1 saturated heterocycles. The first-order valence-corrected chi connectivity index (χ1v) is 8.62. The van der Waals surface area contributed by atoms with Gasteiger partial charge in [0.25, 0.3) is 5.56 Å². The van der Waals surface area contributed by atoms with Gasteiger partial charge in [-0.25, -0.2) is 4.68 Å². The second-order valence-electron chi connectivity index (χ2n) is 5.73. The first kappa shape index (κ1) is 16.5. The lowest BCUT2D eigenvalue weighted by atomic mass is 10.1. The van der Waals surface area contributed by atoms with Crippen molar-refractivity contribution in [3.8, 4) is 6.07 Å². The van der Waals surface area contributed by atoms with Crippen molar-refractivity contribution in [2.75, 3.05) is 36.0 Å². The van der Waals surface area contributed by atoms with Crippen LogP contribution in [0.4, 0.5) is 11.4 Å². The minimum atomic E-state index is -0.136. The third-order valence-electron chi connectivity index (χ3n) is 4.26. The van der Waals surface area contributed by atoms with E-state index in [4.69, 9.17) is 0 Å². The van der Waals surface area contributed by atoms with E-state index in [9.17, 15) is 10.1 Å². The molecule has 1 aromatic carbocycles. The molecule has 0 saturated carbocycles. The number of para-hydroxylation sites is 1. The molecular formula is C17H18BrN5O. The van der Waals surface area contributed by atoms with Gasteiger partial charge in [0.15, 0.2) is 0 Å². The summed E-state index contributed by atoms with van der Waals surface area (Å²) in [5.74, 6) is 0. The molecule has 0 aliphatic carbocycles. The van der Waals surface area contributed by atoms with Crippen molar-refractivity contribution in [2.24, 2.45) is 7.05 Å². The molecule has 0 N–H and O–H groups in total. The Kier molecular flexibility index (Phi) is 4.86. The van der Waals surface area contributed by atoms with Crippen LogP contribution in [0, 0.1) is 11.3 Å². The number of hydrogen-bond donors (Lipinski definition) is 0. The third-order valence-corrected chi connectivity index (χ3v) is 5.01. The highest BCUT2D eigenvalue weighted by molar-refractivity contribution is 9.10. The molecule has 3 rings (SSSR count). The molecule has 24 heavy (non-hydrogen) atoms. The standard InChI is InChI=1S/C17H18BrN5O/c1-21-17(24)16(18)15(12-20-21)23-8-4-7-22(9-10-23)14-6-3-2-5-13(14)11-19/h2-3,5-6,12H,4,7-10H2,1H3. The van der Waals surface area contributed by atoms with E-state index in [2.05, 4.69) is 36.9 Å². The maximum atomic E-state index is 12.1. The zero-order valence-electron chi connectivity index (χ0n) is 13.4. The zero-order chi connectivity index (χ0) is 17.1. The molecule has 1 fully saturated rings. The monoisotopic (exact) mass is 387 g/mol. The first-order valence-electron chi connectivity index (χ1n) is 7.82. The fraction of sp³-hybridized carbons (Fsp3) is 0.353. The normalized spacial score (nSPS) is 15.0. The van der Waals surface area contributed by atoms with Crippen molar-refractivity contribution >= 4 is 27.3 Å². The molecule has 0 unspecified atom stereocenters. The van der Waals surface area contributed by atoms with Crippen molar-refractivity contribution in [1.82, 2.24) is 9.78 Å². The fourth-order valence-electron chi connectivity index (χ4n) is 2.97. The Morgan fingerprint density at radius 3 is 2.50 bits per heavy atom. The SMILES string of the molecule is Cn1ncc(N2CCCN(c3ccccc3C#N)CC2)c(Br)c1=O. The van der Waals surface area contributed by atoms with E-state index in [0.717, 1.165) is 44.0 Å². The maximum absolute atomic E-state index is 12.1. The molecule has 0 atom stereocenters. The van der Waals surface area contributed by atoms with E-state index >= 15 is 0 Å². The lowest BCUT2D eigenvalue weighted by Gasteiger charge is -2.25. The molecule has 2 heterocycles. The molecule has 124 valence electrons. The van der Waals surface area contributed by atoms with Crippen LogP contribution < -0.4 is 15.4 Å². The van der Waals surface area contributed by atoms with E-state index in [1.807, 2.05) is 24.3 Å². The third kappa shape index (κ3) is 3.15. The van der Waals surface area contributed by atoms with E-state index in [1.54, 1.807) is 13.2 Å². The summed E-state index contributed by atoms with van der Waals surface area (Å²) in [6.45, 7) is 3.29. The minimum Gasteiger partial charge on any atom is -0.369 e. The summed E-state index contributed by atoms with van der Waals surface area (Å²) >= 11 is 3.40. The molecule has 6 nitrogen and oxygen atoms in total. The van der Waals surface area contributed by atoms with Crippen LogP contribution in [-0.2, 0) is 7.05 Å². The van der Waals surface area contributed by atoms with Crippen LogP contribution in [0.15, 0.2) is 39.7 Å². The Morgan fingerprint density at radius 1 is 1.12 bits per heavy atom. The van der Waals surface area contributed by atoms with Gasteiger partial charge in [0, 0.05) is 33.2 Å². The smallest absolute Gasteiger partial charge is 0.282 e. The van der Waals surface area contributed by atoms with Gasteiger partial charge in [-0.3, -0.25) is 4.79 Å². The van der Waals surface area contributed by atoms with Gasteiger partial charge >= 0.3 is 0 Å². The quantitative estimate of drug-likeness (QED) is 0.789. The molecule has 0 amide bonds. The van der Waals surface area contributed by atoms with Gasteiger partial charge in [0.2, 0.25) is 0 Å². The number of aromatic nitrogens is 2. The molecule has 0 bridgehead atoms. The lowest BCUT2D eigenvalue weighted by molar-refractivity contribution is 0.694. The Hall–Kier alpha value is -2.33. The second kappa shape index (κ2) is 7.05. The van der Waals surface area contributed by atoms with Gasteiger partial charge in [-0.15, -0.1) is 0 Å². The van der Waals surface area contributed by atoms with Crippen molar-refractivity contribution in [1.29, 1.82) is 5.26 Å². The number of nitrogens with zero attached hydrogens (tertiary/aromatic N) is 5. The van der Waals surface area contributed by atoms with Gasteiger partial charge < -0.3 is 9.80 Å². The summed E-state index contributed by atoms with van der Waals surface area (Å²) in [5, 5.41) is 13.4. The average molecular weight is 388 g/mol. The van der Waals surface area contributed by atoms with Crippen LogP contribution >= 0.6 is 15.9 Å². The number of aryl methyl sites for hydroxylation is 1. The van der Waals surface area contributed by atoms with Crippen molar-refractivity contribution in [3.63, 3.8) is 0 Å².